The van der Waals surface area contributed by atoms with Crippen molar-refractivity contribution in [2.45, 2.75) is 0 Å². The Bertz CT molecular complexity index is 1340. The van der Waals surface area contributed by atoms with Gasteiger partial charge in [-0.2, -0.15) is 0 Å². The number of pyridine rings is 1. The van der Waals surface area contributed by atoms with Crippen molar-refractivity contribution in [3.8, 4) is 0 Å². The Morgan fingerprint density at radius 1 is 0.794 bits per heavy atom. The number of fused-ring (bicyclic) bond motifs is 1. The summed E-state index contributed by atoms with van der Waals surface area (Å²) in [6.07, 6.45) is 8.33. The van der Waals surface area contributed by atoms with Crippen LogP contribution < -0.4 is 4.90 Å². The highest BCUT2D eigenvalue weighted by Crippen LogP contribution is 2.17. The molecule has 7 heteroatoms. The molecule has 0 atom stereocenters. The molecule has 7 nitrogen and oxygen atoms in total. The van der Waals surface area contributed by atoms with E-state index in [2.05, 4.69) is 19.9 Å². The number of rotatable bonds is 5. The van der Waals surface area contributed by atoms with Gasteiger partial charge in [0.2, 0.25) is 0 Å². The normalized spacial score (nSPS) is 14.0. The number of allylic oxidation sites excluding steroid dienone is 1. The lowest BCUT2D eigenvalue weighted by molar-refractivity contribution is 0.0746. The van der Waals surface area contributed by atoms with Crippen molar-refractivity contribution in [3.05, 3.63) is 102 Å². The van der Waals surface area contributed by atoms with Crippen molar-refractivity contribution in [3.63, 3.8) is 0 Å². The molecule has 0 bridgehead atoms. The molecule has 1 aliphatic heterocycles. The molecule has 0 saturated carbocycles. The monoisotopic (exact) mass is 449 g/mol. The maximum absolute atomic E-state index is 12.9. The van der Waals surface area contributed by atoms with Gasteiger partial charge in [-0.3, -0.25) is 19.6 Å². The van der Waals surface area contributed by atoms with Crippen LogP contribution >= 0.6 is 0 Å². The number of anilines is 1. The third kappa shape index (κ3) is 4.68. The number of carbonyl (C=O) groups excluding carboxylic acids is 2. The summed E-state index contributed by atoms with van der Waals surface area (Å²) in [5.74, 6) is -0.171. The summed E-state index contributed by atoms with van der Waals surface area (Å²) in [5, 5.41) is 0. The summed E-state index contributed by atoms with van der Waals surface area (Å²) in [6.45, 7) is 2.85. The van der Waals surface area contributed by atoms with Crippen molar-refractivity contribution >= 4 is 34.5 Å². The second-order valence-electron chi connectivity index (χ2n) is 8.04. The zero-order chi connectivity index (χ0) is 23.3. The molecule has 1 fully saturated rings. The van der Waals surface area contributed by atoms with Crippen molar-refractivity contribution in [1.82, 2.24) is 19.9 Å². The van der Waals surface area contributed by atoms with Gasteiger partial charge in [0.25, 0.3) is 5.91 Å². The molecule has 0 aliphatic carbocycles. The van der Waals surface area contributed by atoms with E-state index >= 15 is 0 Å². The fourth-order valence-electron chi connectivity index (χ4n) is 3.99. The van der Waals surface area contributed by atoms with E-state index in [1.165, 1.54) is 6.08 Å². The van der Waals surface area contributed by atoms with Crippen LogP contribution in [0, 0.1) is 0 Å². The number of nitrogens with zero attached hydrogens (tertiary/aromatic N) is 5. The van der Waals surface area contributed by atoms with E-state index in [1.54, 1.807) is 48.9 Å². The fraction of sp³-hybridized carbons (Fsp3) is 0.148. The van der Waals surface area contributed by atoms with Crippen molar-refractivity contribution in [1.29, 1.82) is 0 Å². The average molecular weight is 450 g/mol. The van der Waals surface area contributed by atoms with Crippen LogP contribution in [0.2, 0.25) is 0 Å². The summed E-state index contributed by atoms with van der Waals surface area (Å²) in [5.41, 5.74) is 4.42. The van der Waals surface area contributed by atoms with Gasteiger partial charge in [0.05, 0.1) is 22.9 Å². The summed E-state index contributed by atoms with van der Waals surface area (Å²) in [4.78, 5) is 42.5. The van der Waals surface area contributed by atoms with Crippen LogP contribution in [0.5, 0.6) is 0 Å². The number of carbonyl (C=O) groups is 2. The summed E-state index contributed by atoms with van der Waals surface area (Å²) in [7, 11) is 0. The molecule has 1 aliphatic rings. The van der Waals surface area contributed by atoms with Gasteiger partial charge in [0.15, 0.2) is 5.78 Å². The number of benzene rings is 2. The molecular formula is C27H23N5O2. The number of amides is 1. The topological polar surface area (TPSA) is 79.3 Å². The molecular weight excluding hydrogens is 426 g/mol. The van der Waals surface area contributed by atoms with Crippen LogP contribution in [0.15, 0.2) is 85.3 Å². The Hall–Kier alpha value is -4.39. The minimum absolute atomic E-state index is 0.0182. The molecule has 0 N–H and O–H groups in total. The highest BCUT2D eigenvalue weighted by atomic mass is 16.2. The van der Waals surface area contributed by atoms with Crippen LogP contribution in [0.4, 0.5) is 5.69 Å². The third-order valence-electron chi connectivity index (χ3n) is 5.88. The summed E-state index contributed by atoms with van der Waals surface area (Å²) >= 11 is 0. The lowest BCUT2D eigenvalue weighted by atomic mass is 10.1. The molecule has 168 valence electrons. The first-order chi connectivity index (χ1) is 16.7. The molecule has 0 spiro atoms. The van der Waals surface area contributed by atoms with Crippen molar-refractivity contribution in [2.75, 3.05) is 31.1 Å². The molecule has 4 aromatic rings. The van der Waals surface area contributed by atoms with Crippen LogP contribution in [0.3, 0.4) is 0 Å². The van der Waals surface area contributed by atoms with Crippen LogP contribution in [-0.2, 0) is 0 Å². The maximum Gasteiger partial charge on any atom is 0.253 e. The number of hydrogen-bond acceptors (Lipinski definition) is 6. The van der Waals surface area contributed by atoms with Gasteiger partial charge in [-0.25, -0.2) is 4.98 Å². The predicted molar refractivity (Wildman–Crippen MR) is 132 cm³/mol. The van der Waals surface area contributed by atoms with E-state index in [9.17, 15) is 9.59 Å². The number of para-hydroxylation sites is 2. The Morgan fingerprint density at radius 3 is 2.21 bits per heavy atom. The SMILES string of the molecule is O=C(C=Cc1cnc2ccccc2n1)c1ccc(C(=O)N2CCN(c3ccncc3)CC2)cc1. The standard InChI is InChI=1S/C27H23N5O2/c33-26(10-9-22-19-29-24-3-1-2-4-25(24)30-22)20-5-7-21(8-6-20)27(34)32-17-15-31(16-18-32)23-11-13-28-14-12-23/h1-14,19H,15-18H2. The van der Waals surface area contributed by atoms with Gasteiger partial charge in [-0.1, -0.05) is 24.3 Å². The Kier molecular flexibility index (Phi) is 6.07. The molecule has 3 heterocycles. The van der Waals surface area contributed by atoms with Gasteiger partial charge in [-0.15, -0.1) is 0 Å². The highest BCUT2D eigenvalue weighted by molar-refractivity contribution is 6.07. The molecule has 1 saturated heterocycles. The van der Waals surface area contributed by atoms with E-state index < -0.39 is 0 Å². The first-order valence-corrected chi connectivity index (χ1v) is 11.2. The fourth-order valence-corrected chi connectivity index (χ4v) is 3.99. The second kappa shape index (κ2) is 9.62. The van der Waals surface area contributed by atoms with Crippen molar-refractivity contribution < 1.29 is 9.59 Å². The van der Waals surface area contributed by atoms with Crippen LogP contribution in [-0.4, -0.2) is 57.7 Å². The van der Waals surface area contributed by atoms with Crippen molar-refractivity contribution in [2.24, 2.45) is 0 Å². The van der Waals surface area contributed by atoms with Gasteiger partial charge in [0, 0.05) is 55.4 Å². The number of piperazine rings is 1. The second-order valence-corrected chi connectivity index (χ2v) is 8.04. The largest absolute Gasteiger partial charge is 0.368 e. The lowest BCUT2D eigenvalue weighted by Crippen LogP contribution is -2.48. The highest BCUT2D eigenvalue weighted by Gasteiger charge is 2.22. The van der Waals surface area contributed by atoms with Gasteiger partial charge in [0.1, 0.15) is 0 Å². The van der Waals surface area contributed by atoms with Gasteiger partial charge >= 0.3 is 0 Å². The first-order valence-electron chi connectivity index (χ1n) is 11.2. The van der Waals surface area contributed by atoms with Gasteiger partial charge < -0.3 is 9.80 Å². The molecule has 0 radical (unpaired) electrons. The summed E-state index contributed by atoms with van der Waals surface area (Å²) < 4.78 is 0. The van der Waals surface area contributed by atoms with E-state index in [1.807, 2.05) is 41.3 Å². The molecule has 5 rings (SSSR count). The number of hydrogen-bond donors (Lipinski definition) is 0. The molecule has 2 aromatic carbocycles. The lowest BCUT2D eigenvalue weighted by Gasteiger charge is -2.36. The van der Waals surface area contributed by atoms with Gasteiger partial charge in [-0.05, 0) is 48.6 Å². The molecule has 0 unspecified atom stereocenters. The minimum atomic E-state index is -0.153. The zero-order valence-electron chi connectivity index (χ0n) is 18.5. The molecule has 2 aromatic heterocycles. The summed E-state index contributed by atoms with van der Waals surface area (Å²) in [6, 6.07) is 18.4. The van der Waals surface area contributed by atoms with E-state index in [0.29, 0.717) is 29.9 Å². The quantitative estimate of drug-likeness (QED) is 0.340. The first kappa shape index (κ1) is 21.5. The Labute approximate surface area is 197 Å². The Morgan fingerprint density at radius 2 is 1.47 bits per heavy atom. The Balaban J connectivity index is 1.20. The predicted octanol–water partition coefficient (Wildman–Crippen LogP) is 3.88. The number of aromatic nitrogens is 3. The minimum Gasteiger partial charge on any atom is -0.368 e. The average Bonchev–Trinajstić information content (AvgIpc) is 2.92. The smallest absolute Gasteiger partial charge is 0.253 e. The van der Waals surface area contributed by atoms with Crippen LogP contribution in [0.1, 0.15) is 26.4 Å². The number of ketones is 1. The van der Waals surface area contributed by atoms with E-state index in [0.717, 1.165) is 29.8 Å². The maximum atomic E-state index is 12.9. The molecule has 1 amide bonds. The third-order valence-corrected chi connectivity index (χ3v) is 5.88. The zero-order valence-corrected chi connectivity index (χ0v) is 18.5. The van der Waals surface area contributed by atoms with Crippen LogP contribution in [0.25, 0.3) is 17.1 Å². The molecule has 34 heavy (non-hydrogen) atoms. The van der Waals surface area contributed by atoms with E-state index in [-0.39, 0.29) is 11.7 Å². The van der Waals surface area contributed by atoms with E-state index in [4.69, 9.17) is 0 Å².